The zero-order valence-electron chi connectivity index (χ0n) is 25.4. The second kappa shape index (κ2) is 13.8. The first kappa shape index (κ1) is 30.8. The number of carbonyl (C=O) groups is 2. The predicted octanol–water partition coefficient (Wildman–Crippen LogP) is 5.49. The van der Waals surface area contributed by atoms with E-state index in [-0.39, 0.29) is 24.0 Å². The molecule has 3 heterocycles. The Balaban J connectivity index is 1.47. The molecule has 0 saturated heterocycles. The van der Waals surface area contributed by atoms with Gasteiger partial charge in [-0.2, -0.15) is 14.6 Å². The molecule has 43 heavy (non-hydrogen) atoms. The number of aliphatic hydroxyl groups is 1. The molecule has 11 heteroatoms. The summed E-state index contributed by atoms with van der Waals surface area (Å²) >= 11 is 0. The Morgan fingerprint density at radius 2 is 1.70 bits per heavy atom. The van der Waals surface area contributed by atoms with Crippen molar-refractivity contribution < 1.29 is 19.1 Å². The normalized spacial score (nSPS) is 18.0. The standard InChI is InChI=1S/C32H44FN7O3/c1-19(18-41)40-25(16-17-34-40)31(42)37-29(28(22-10-6-4-7-11-22)23-12-8-5-9-13-23)32(43)36-26-15-14-24(30(33)35-26)27-20(2)38-39-21(27)3/h14-17,19,22-23,28-29,41H,4-13,18H2,1-3H3,(H,37,42)(H,38,39)(H,35,36,43)/t19-,29-/m0/s1. The highest BCUT2D eigenvalue weighted by Gasteiger charge is 2.41. The molecule has 3 aromatic rings. The summed E-state index contributed by atoms with van der Waals surface area (Å²) < 4.78 is 16.8. The van der Waals surface area contributed by atoms with Gasteiger partial charge in [0.1, 0.15) is 17.6 Å². The number of hydrogen-bond donors (Lipinski definition) is 4. The molecule has 0 aliphatic heterocycles. The van der Waals surface area contributed by atoms with Gasteiger partial charge in [0.2, 0.25) is 11.9 Å². The number of aromatic amines is 1. The van der Waals surface area contributed by atoms with Crippen LogP contribution in [0.2, 0.25) is 0 Å². The fraction of sp³-hybridized carbons (Fsp3) is 0.594. The molecule has 0 aromatic carbocycles. The Morgan fingerprint density at radius 1 is 1.05 bits per heavy atom. The van der Waals surface area contributed by atoms with Crippen molar-refractivity contribution >= 4 is 17.6 Å². The molecule has 0 radical (unpaired) electrons. The largest absolute Gasteiger partial charge is 0.394 e. The van der Waals surface area contributed by atoms with Crippen LogP contribution in [0, 0.1) is 37.5 Å². The zero-order valence-corrected chi connectivity index (χ0v) is 25.4. The smallest absolute Gasteiger partial charge is 0.270 e. The molecule has 2 aliphatic rings. The number of H-pyrrole nitrogens is 1. The van der Waals surface area contributed by atoms with Crippen LogP contribution in [0.25, 0.3) is 11.1 Å². The van der Waals surface area contributed by atoms with Crippen LogP contribution >= 0.6 is 0 Å². The fourth-order valence-corrected chi connectivity index (χ4v) is 7.28. The van der Waals surface area contributed by atoms with Crippen molar-refractivity contribution in [3.8, 4) is 11.1 Å². The molecule has 10 nitrogen and oxygen atoms in total. The number of aromatic nitrogens is 5. The number of amides is 2. The summed E-state index contributed by atoms with van der Waals surface area (Å²) in [7, 11) is 0. The van der Waals surface area contributed by atoms with E-state index in [1.807, 2.05) is 6.92 Å². The van der Waals surface area contributed by atoms with Crippen molar-refractivity contribution in [3.63, 3.8) is 0 Å². The predicted molar refractivity (Wildman–Crippen MR) is 162 cm³/mol. The highest BCUT2D eigenvalue weighted by atomic mass is 19.1. The van der Waals surface area contributed by atoms with Gasteiger partial charge < -0.3 is 15.7 Å². The van der Waals surface area contributed by atoms with Crippen molar-refractivity contribution in [2.45, 2.75) is 97.1 Å². The Labute approximate surface area is 252 Å². The Morgan fingerprint density at radius 3 is 2.26 bits per heavy atom. The second-order valence-electron chi connectivity index (χ2n) is 12.4. The quantitative estimate of drug-likeness (QED) is 0.229. The summed E-state index contributed by atoms with van der Waals surface area (Å²) in [6.07, 6.45) is 12.4. The number of carbonyl (C=O) groups excluding carboxylic acids is 2. The van der Waals surface area contributed by atoms with Gasteiger partial charge in [-0.05, 0) is 56.7 Å². The van der Waals surface area contributed by atoms with Gasteiger partial charge in [0.05, 0.1) is 18.3 Å². The molecular formula is C32H44FN7O3. The minimum Gasteiger partial charge on any atom is -0.394 e. The molecule has 5 rings (SSSR count). The van der Waals surface area contributed by atoms with Gasteiger partial charge in [-0.25, -0.2) is 4.98 Å². The van der Waals surface area contributed by atoms with Crippen molar-refractivity contribution in [1.82, 2.24) is 30.3 Å². The highest BCUT2D eigenvalue weighted by molar-refractivity contribution is 6.00. The molecule has 4 N–H and O–H groups in total. The first-order valence-electron chi connectivity index (χ1n) is 15.7. The van der Waals surface area contributed by atoms with Crippen molar-refractivity contribution in [3.05, 3.63) is 47.4 Å². The number of halogens is 1. The fourth-order valence-electron chi connectivity index (χ4n) is 7.28. The van der Waals surface area contributed by atoms with Gasteiger partial charge in [0.15, 0.2) is 0 Å². The van der Waals surface area contributed by atoms with Gasteiger partial charge >= 0.3 is 0 Å². The first-order chi connectivity index (χ1) is 20.8. The molecule has 0 spiro atoms. The number of nitrogens with one attached hydrogen (secondary N) is 3. The number of nitrogens with zero attached hydrogens (tertiary/aromatic N) is 4. The summed E-state index contributed by atoms with van der Waals surface area (Å²) in [5.74, 6) is -0.891. The van der Waals surface area contributed by atoms with E-state index in [1.165, 1.54) is 23.7 Å². The van der Waals surface area contributed by atoms with Crippen LogP contribution in [0.15, 0.2) is 24.4 Å². The Bertz CT molecular complexity index is 1370. The van der Waals surface area contributed by atoms with Gasteiger partial charge in [0.25, 0.3) is 5.91 Å². The first-order valence-corrected chi connectivity index (χ1v) is 15.7. The molecule has 0 bridgehead atoms. The van der Waals surface area contributed by atoms with Gasteiger partial charge in [-0.15, -0.1) is 0 Å². The van der Waals surface area contributed by atoms with E-state index in [2.05, 4.69) is 30.9 Å². The second-order valence-corrected chi connectivity index (χ2v) is 12.4. The average Bonchev–Trinajstić information content (AvgIpc) is 3.64. The maximum absolute atomic E-state index is 15.3. The molecule has 2 atom stereocenters. The number of hydrogen-bond acceptors (Lipinski definition) is 6. The molecule has 2 amide bonds. The molecule has 232 valence electrons. The summed E-state index contributed by atoms with van der Waals surface area (Å²) in [4.78, 5) is 32.0. The lowest BCUT2D eigenvalue weighted by atomic mass is 9.66. The molecule has 0 unspecified atom stereocenters. The highest BCUT2D eigenvalue weighted by Crippen LogP contribution is 2.42. The third kappa shape index (κ3) is 6.82. The summed E-state index contributed by atoms with van der Waals surface area (Å²) in [5, 5.41) is 26.9. The molecule has 2 saturated carbocycles. The maximum Gasteiger partial charge on any atom is 0.270 e. The molecule has 2 fully saturated rings. The molecule has 2 aliphatic carbocycles. The Kier molecular flexibility index (Phi) is 9.90. The third-order valence-electron chi connectivity index (χ3n) is 9.42. The molecular weight excluding hydrogens is 549 g/mol. The van der Waals surface area contributed by atoms with Crippen LogP contribution in [0.3, 0.4) is 0 Å². The van der Waals surface area contributed by atoms with Crippen molar-refractivity contribution in [1.29, 1.82) is 0 Å². The van der Waals surface area contributed by atoms with Crippen LogP contribution in [0.4, 0.5) is 10.2 Å². The lowest BCUT2D eigenvalue weighted by molar-refractivity contribution is -0.121. The average molecular weight is 594 g/mol. The van der Waals surface area contributed by atoms with Gasteiger partial charge in [-0.3, -0.25) is 19.4 Å². The Hall–Kier alpha value is -3.60. The third-order valence-corrected chi connectivity index (χ3v) is 9.42. The number of anilines is 1. The van der Waals surface area contributed by atoms with Crippen LogP contribution in [-0.2, 0) is 4.79 Å². The minimum absolute atomic E-state index is 0.0588. The van der Waals surface area contributed by atoms with E-state index in [4.69, 9.17) is 0 Å². The van der Waals surface area contributed by atoms with E-state index in [0.29, 0.717) is 28.7 Å². The number of aliphatic hydroxyl groups excluding tert-OH is 1. The van der Waals surface area contributed by atoms with Crippen molar-refractivity contribution in [2.75, 3.05) is 11.9 Å². The monoisotopic (exact) mass is 593 g/mol. The lowest BCUT2D eigenvalue weighted by Gasteiger charge is -2.42. The van der Waals surface area contributed by atoms with E-state index in [9.17, 15) is 14.7 Å². The van der Waals surface area contributed by atoms with E-state index >= 15 is 4.39 Å². The topological polar surface area (TPSA) is 138 Å². The van der Waals surface area contributed by atoms with Crippen LogP contribution in [0.1, 0.15) is 99.1 Å². The van der Waals surface area contributed by atoms with Crippen LogP contribution < -0.4 is 10.6 Å². The number of rotatable bonds is 10. The van der Waals surface area contributed by atoms with Crippen LogP contribution in [0.5, 0.6) is 0 Å². The van der Waals surface area contributed by atoms with E-state index in [1.54, 1.807) is 32.0 Å². The number of aryl methyl sites for hydroxylation is 2. The van der Waals surface area contributed by atoms with Gasteiger partial charge in [0, 0.05) is 23.0 Å². The van der Waals surface area contributed by atoms with Crippen molar-refractivity contribution in [2.24, 2.45) is 17.8 Å². The van der Waals surface area contributed by atoms with E-state index in [0.717, 1.165) is 57.1 Å². The SMILES string of the molecule is Cc1n[nH]c(C)c1-c1ccc(NC(=O)[C@@H](NC(=O)c2ccnn2[C@@H](C)CO)C(C2CCCCC2)C2CCCCC2)nc1F. The summed E-state index contributed by atoms with van der Waals surface area (Å²) in [6.45, 7) is 5.22. The minimum atomic E-state index is -0.839. The summed E-state index contributed by atoms with van der Waals surface area (Å²) in [6, 6.07) is 3.56. The van der Waals surface area contributed by atoms with Crippen LogP contribution in [-0.4, -0.2) is 54.5 Å². The van der Waals surface area contributed by atoms with E-state index < -0.39 is 29.8 Å². The zero-order chi connectivity index (χ0) is 30.5. The molecule has 3 aromatic heterocycles. The maximum atomic E-state index is 15.3. The van der Waals surface area contributed by atoms with Gasteiger partial charge in [-0.1, -0.05) is 64.2 Å². The number of pyridine rings is 1. The summed E-state index contributed by atoms with van der Waals surface area (Å²) in [5.41, 5.74) is 2.63. The lowest BCUT2D eigenvalue weighted by Crippen LogP contribution is -2.53.